The zero-order valence-electron chi connectivity index (χ0n) is 12.7. The predicted octanol–water partition coefficient (Wildman–Crippen LogP) is 4.23. The second-order valence-corrected chi connectivity index (χ2v) is 5.04. The van der Waals surface area contributed by atoms with E-state index >= 15 is 0 Å². The Morgan fingerprint density at radius 1 is 1.09 bits per heavy atom. The fourth-order valence-corrected chi connectivity index (χ4v) is 2.12. The van der Waals surface area contributed by atoms with Gasteiger partial charge in [0, 0.05) is 5.69 Å². The van der Waals surface area contributed by atoms with Crippen LogP contribution in [0.4, 0.5) is 17.2 Å². The number of furan rings is 1. The van der Waals surface area contributed by atoms with Gasteiger partial charge < -0.3 is 15.1 Å². The van der Waals surface area contributed by atoms with Gasteiger partial charge in [0.1, 0.15) is 5.82 Å². The van der Waals surface area contributed by atoms with Crippen LogP contribution in [0.5, 0.6) is 0 Å². The third kappa shape index (κ3) is 3.77. The fraction of sp³-hybridized carbons (Fsp3) is 0.111. The van der Waals surface area contributed by atoms with Crippen molar-refractivity contribution < 1.29 is 9.21 Å². The van der Waals surface area contributed by atoms with Gasteiger partial charge in [-0.15, -0.1) is 0 Å². The minimum atomic E-state index is -0.321. The Morgan fingerprint density at radius 3 is 2.48 bits per heavy atom. The number of carbonyl (C=O) groups excluding carboxylic acids is 1. The fourth-order valence-electron chi connectivity index (χ4n) is 2.12. The molecule has 2 aromatic heterocycles. The second kappa shape index (κ2) is 6.79. The van der Waals surface area contributed by atoms with Crippen molar-refractivity contribution in [3.05, 3.63) is 72.3 Å². The number of nitrogens with zero attached hydrogens (tertiary/aromatic N) is 1. The molecule has 2 N–H and O–H groups in total. The van der Waals surface area contributed by atoms with Crippen LogP contribution in [0.15, 0.2) is 65.4 Å². The summed E-state index contributed by atoms with van der Waals surface area (Å²) in [7, 11) is 0. The van der Waals surface area contributed by atoms with Gasteiger partial charge in [-0.25, -0.2) is 4.98 Å². The molecule has 0 bridgehead atoms. The topological polar surface area (TPSA) is 67.2 Å². The molecular weight excluding hydrogens is 290 g/mol. The summed E-state index contributed by atoms with van der Waals surface area (Å²) in [5, 5.41) is 5.95. The Hall–Kier alpha value is -3.08. The molecule has 1 aromatic carbocycles. The number of nitrogens with one attached hydrogen (secondary N) is 2. The third-order valence-electron chi connectivity index (χ3n) is 3.40. The van der Waals surface area contributed by atoms with Crippen molar-refractivity contribution in [2.45, 2.75) is 13.3 Å². The minimum Gasteiger partial charge on any atom is -0.459 e. The number of benzene rings is 1. The Kier molecular flexibility index (Phi) is 4.38. The van der Waals surface area contributed by atoms with E-state index in [9.17, 15) is 4.79 Å². The van der Waals surface area contributed by atoms with E-state index in [0.717, 1.165) is 17.8 Å². The summed E-state index contributed by atoms with van der Waals surface area (Å²) in [6.07, 6.45) is 4.15. The third-order valence-corrected chi connectivity index (χ3v) is 3.40. The SMILES string of the molecule is CCc1ccc(Nc2ccc(NC(=O)c3ccco3)nc2)cc1. The molecule has 5 nitrogen and oxygen atoms in total. The van der Waals surface area contributed by atoms with E-state index in [1.807, 2.05) is 18.2 Å². The molecule has 5 heteroatoms. The number of hydrogen-bond donors (Lipinski definition) is 2. The Balaban J connectivity index is 1.63. The quantitative estimate of drug-likeness (QED) is 0.740. The van der Waals surface area contributed by atoms with Crippen molar-refractivity contribution in [1.82, 2.24) is 4.98 Å². The van der Waals surface area contributed by atoms with Gasteiger partial charge in [-0.3, -0.25) is 4.79 Å². The first kappa shape index (κ1) is 14.8. The number of aryl methyl sites for hydroxylation is 1. The van der Waals surface area contributed by atoms with Gasteiger partial charge in [-0.1, -0.05) is 19.1 Å². The largest absolute Gasteiger partial charge is 0.459 e. The highest BCUT2D eigenvalue weighted by molar-refractivity contribution is 6.01. The average Bonchev–Trinajstić information content (AvgIpc) is 3.12. The van der Waals surface area contributed by atoms with Gasteiger partial charge >= 0.3 is 0 Å². The molecule has 2 heterocycles. The Morgan fingerprint density at radius 2 is 1.87 bits per heavy atom. The maximum atomic E-state index is 11.9. The summed E-state index contributed by atoms with van der Waals surface area (Å²) >= 11 is 0. The molecule has 0 saturated carbocycles. The van der Waals surface area contributed by atoms with E-state index in [4.69, 9.17) is 4.42 Å². The summed E-state index contributed by atoms with van der Waals surface area (Å²) in [4.78, 5) is 16.1. The summed E-state index contributed by atoms with van der Waals surface area (Å²) in [5.74, 6) is 0.404. The van der Waals surface area contributed by atoms with E-state index in [0.29, 0.717) is 5.82 Å². The highest BCUT2D eigenvalue weighted by Crippen LogP contribution is 2.18. The van der Waals surface area contributed by atoms with Crippen LogP contribution in [0.1, 0.15) is 23.0 Å². The van der Waals surface area contributed by atoms with Crippen LogP contribution in [0.25, 0.3) is 0 Å². The summed E-state index contributed by atoms with van der Waals surface area (Å²) in [5.41, 5.74) is 3.14. The normalized spacial score (nSPS) is 10.3. The first-order chi connectivity index (χ1) is 11.2. The molecule has 0 aliphatic rings. The summed E-state index contributed by atoms with van der Waals surface area (Å²) < 4.78 is 5.04. The zero-order valence-corrected chi connectivity index (χ0v) is 12.7. The van der Waals surface area contributed by atoms with Crippen LogP contribution in [-0.4, -0.2) is 10.9 Å². The molecule has 23 heavy (non-hydrogen) atoms. The Labute approximate surface area is 134 Å². The molecule has 0 fully saturated rings. The molecular formula is C18H17N3O2. The molecule has 0 atom stereocenters. The van der Waals surface area contributed by atoms with E-state index in [-0.39, 0.29) is 11.7 Å². The van der Waals surface area contributed by atoms with Crippen LogP contribution in [0, 0.1) is 0 Å². The number of hydrogen-bond acceptors (Lipinski definition) is 4. The number of aromatic nitrogens is 1. The number of amides is 1. The molecule has 3 aromatic rings. The molecule has 1 amide bonds. The highest BCUT2D eigenvalue weighted by Gasteiger charge is 2.09. The van der Waals surface area contributed by atoms with Gasteiger partial charge in [0.25, 0.3) is 5.91 Å². The predicted molar refractivity (Wildman–Crippen MR) is 90.0 cm³/mol. The van der Waals surface area contributed by atoms with Gasteiger partial charge in [-0.2, -0.15) is 0 Å². The van der Waals surface area contributed by atoms with Crippen LogP contribution in [0.2, 0.25) is 0 Å². The van der Waals surface area contributed by atoms with Crippen molar-refractivity contribution in [1.29, 1.82) is 0 Å². The minimum absolute atomic E-state index is 0.255. The summed E-state index contributed by atoms with van der Waals surface area (Å²) in [6.45, 7) is 2.13. The first-order valence-electron chi connectivity index (χ1n) is 7.41. The molecule has 0 saturated heterocycles. The van der Waals surface area contributed by atoms with Gasteiger partial charge in [0.05, 0.1) is 18.1 Å². The number of pyridine rings is 1. The number of carbonyl (C=O) groups is 1. The standard InChI is InChI=1S/C18H17N3O2/c1-2-13-5-7-14(8-6-13)20-15-9-10-17(19-12-15)21-18(22)16-4-3-11-23-16/h3-12,20H,2H2,1H3,(H,19,21,22). The van der Waals surface area contributed by atoms with Crippen LogP contribution < -0.4 is 10.6 Å². The molecule has 0 spiro atoms. The first-order valence-corrected chi connectivity index (χ1v) is 7.41. The molecule has 0 unspecified atom stereocenters. The lowest BCUT2D eigenvalue weighted by atomic mass is 10.1. The zero-order chi connectivity index (χ0) is 16.1. The Bertz CT molecular complexity index is 763. The molecule has 0 radical (unpaired) electrons. The molecule has 116 valence electrons. The number of rotatable bonds is 5. The van der Waals surface area contributed by atoms with Crippen molar-refractivity contribution >= 4 is 23.1 Å². The molecule has 0 aliphatic carbocycles. The van der Waals surface area contributed by atoms with Crippen LogP contribution in [0.3, 0.4) is 0 Å². The maximum absolute atomic E-state index is 11.9. The molecule has 3 rings (SSSR count). The van der Waals surface area contributed by atoms with Crippen LogP contribution >= 0.6 is 0 Å². The van der Waals surface area contributed by atoms with Crippen molar-refractivity contribution in [2.75, 3.05) is 10.6 Å². The summed E-state index contributed by atoms with van der Waals surface area (Å²) in [6, 6.07) is 15.1. The van der Waals surface area contributed by atoms with E-state index in [1.54, 1.807) is 24.4 Å². The van der Waals surface area contributed by atoms with Gasteiger partial charge in [-0.05, 0) is 48.4 Å². The van der Waals surface area contributed by atoms with Crippen molar-refractivity contribution in [2.24, 2.45) is 0 Å². The molecule has 0 aliphatic heterocycles. The van der Waals surface area contributed by atoms with E-state index < -0.39 is 0 Å². The smallest absolute Gasteiger partial charge is 0.292 e. The van der Waals surface area contributed by atoms with Crippen LogP contribution in [-0.2, 0) is 6.42 Å². The second-order valence-electron chi connectivity index (χ2n) is 5.04. The maximum Gasteiger partial charge on any atom is 0.292 e. The van der Waals surface area contributed by atoms with Gasteiger partial charge in [0.15, 0.2) is 5.76 Å². The number of anilines is 3. The van der Waals surface area contributed by atoms with Gasteiger partial charge in [0.2, 0.25) is 0 Å². The van der Waals surface area contributed by atoms with E-state index in [1.165, 1.54) is 11.8 Å². The monoisotopic (exact) mass is 307 g/mol. The average molecular weight is 307 g/mol. The highest BCUT2D eigenvalue weighted by atomic mass is 16.3. The van der Waals surface area contributed by atoms with Crippen molar-refractivity contribution in [3.8, 4) is 0 Å². The lowest BCUT2D eigenvalue weighted by Gasteiger charge is -2.08. The van der Waals surface area contributed by atoms with E-state index in [2.05, 4.69) is 34.7 Å². The lowest BCUT2D eigenvalue weighted by Crippen LogP contribution is -2.11. The van der Waals surface area contributed by atoms with Crippen molar-refractivity contribution in [3.63, 3.8) is 0 Å². The lowest BCUT2D eigenvalue weighted by molar-refractivity contribution is 0.0996.